The minimum Gasteiger partial charge on any atom is -0.456 e. The second kappa shape index (κ2) is 9.29. The maximum Gasteiger partial charge on any atom is 0.255 e. The van der Waals surface area contributed by atoms with Crippen molar-refractivity contribution >= 4 is 60.8 Å². The topological polar surface area (TPSA) is 79.6 Å². The van der Waals surface area contributed by atoms with E-state index in [1.54, 1.807) is 30.3 Å². The molecule has 0 saturated heterocycles. The molecule has 0 saturated carbocycles. The van der Waals surface area contributed by atoms with E-state index >= 15 is 0 Å². The Morgan fingerprint density at radius 1 is 0.944 bits per heavy atom. The van der Waals surface area contributed by atoms with Crippen LogP contribution in [0, 0.1) is 5.82 Å². The number of fused-ring (bicyclic) bond motifs is 3. The van der Waals surface area contributed by atoms with Gasteiger partial charge < -0.3 is 9.73 Å². The first-order chi connectivity index (χ1) is 17.2. The zero-order valence-corrected chi connectivity index (χ0v) is 20.6. The smallest absolute Gasteiger partial charge is 0.255 e. The number of benzene rings is 4. The number of halogens is 2. The van der Waals surface area contributed by atoms with Gasteiger partial charge in [-0.25, -0.2) is 12.8 Å². The Morgan fingerprint density at radius 2 is 1.67 bits per heavy atom. The molecule has 9 heteroatoms. The van der Waals surface area contributed by atoms with Crippen LogP contribution in [-0.2, 0) is 16.6 Å². The van der Waals surface area contributed by atoms with Crippen LogP contribution in [0.4, 0.5) is 15.8 Å². The first kappa shape index (κ1) is 23.8. The average Bonchev–Trinajstić information content (AvgIpc) is 3.22. The highest BCUT2D eigenvalue weighted by atomic mass is 35.5. The van der Waals surface area contributed by atoms with E-state index in [4.69, 9.17) is 16.0 Å². The zero-order valence-electron chi connectivity index (χ0n) is 19.0. The number of para-hydroxylation sites is 1. The van der Waals surface area contributed by atoms with Gasteiger partial charge in [-0.2, -0.15) is 0 Å². The number of hydrogen-bond acceptors (Lipinski definition) is 4. The van der Waals surface area contributed by atoms with Crippen molar-refractivity contribution in [1.29, 1.82) is 0 Å². The second-order valence-corrected chi connectivity index (χ2v) is 10.6. The summed E-state index contributed by atoms with van der Waals surface area (Å²) in [5, 5.41) is 4.66. The van der Waals surface area contributed by atoms with Crippen LogP contribution in [-0.4, -0.2) is 20.6 Å². The quantitative estimate of drug-likeness (QED) is 0.272. The van der Waals surface area contributed by atoms with Gasteiger partial charge in [0.25, 0.3) is 5.91 Å². The highest BCUT2D eigenvalue weighted by molar-refractivity contribution is 7.92. The van der Waals surface area contributed by atoms with E-state index in [2.05, 4.69) is 5.32 Å². The zero-order chi connectivity index (χ0) is 25.4. The predicted octanol–water partition coefficient (Wildman–Crippen LogP) is 6.60. The van der Waals surface area contributed by atoms with Crippen molar-refractivity contribution in [2.24, 2.45) is 0 Å². The third kappa shape index (κ3) is 4.78. The highest BCUT2D eigenvalue weighted by Gasteiger charge is 2.19. The fraction of sp³-hybridized carbons (Fsp3) is 0.0741. The lowest BCUT2D eigenvalue weighted by atomic mass is 10.1. The molecule has 1 amide bonds. The minimum atomic E-state index is -3.68. The number of furan rings is 1. The summed E-state index contributed by atoms with van der Waals surface area (Å²) in [7, 11) is -3.68. The summed E-state index contributed by atoms with van der Waals surface area (Å²) >= 11 is 5.84. The van der Waals surface area contributed by atoms with E-state index in [0.29, 0.717) is 22.4 Å². The summed E-state index contributed by atoms with van der Waals surface area (Å²) in [6, 6.07) is 23.5. The first-order valence-electron chi connectivity index (χ1n) is 10.9. The van der Waals surface area contributed by atoms with Gasteiger partial charge in [-0.1, -0.05) is 41.9 Å². The molecule has 1 heterocycles. The number of rotatable bonds is 6. The maximum absolute atomic E-state index is 13.5. The lowest BCUT2D eigenvalue weighted by Gasteiger charge is -2.23. The van der Waals surface area contributed by atoms with Gasteiger partial charge in [-0.05, 0) is 54.1 Å². The van der Waals surface area contributed by atoms with E-state index in [-0.39, 0.29) is 23.2 Å². The number of carbonyl (C=O) groups is 1. The van der Waals surface area contributed by atoms with Gasteiger partial charge in [0.05, 0.1) is 23.5 Å². The molecule has 0 aliphatic rings. The van der Waals surface area contributed by atoms with Gasteiger partial charge in [0.15, 0.2) is 0 Å². The van der Waals surface area contributed by atoms with Crippen molar-refractivity contribution in [2.75, 3.05) is 15.9 Å². The molecule has 0 fully saturated rings. The van der Waals surface area contributed by atoms with E-state index in [9.17, 15) is 17.6 Å². The summed E-state index contributed by atoms with van der Waals surface area (Å²) in [6.07, 6.45) is 1.06. The first-order valence-corrected chi connectivity index (χ1v) is 13.2. The standard InChI is InChI=1S/C27H20ClFN2O4S/c1-36(33,34)31(20-11-13-24(29)23(28)15-20)16-17-6-8-18(9-7-17)27(32)30-19-10-12-22-21-4-2-3-5-25(21)35-26(22)14-19/h2-15H,16H2,1H3,(H,30,32). The monoisotopic (exact) mass is 522 g/mol. The average molecular weight is 523 g/mol. The predicted molar refractivity (Wildman–Crippen MR) is 141 cm³/mol. The van der Waals surface area contributed by atoms with Gasteiger partial charge in [0.1, 0.15) is 17.0 Å². The van der Waals surface area contributed by atoms with E-state index in [1.807, 2.05) is 36.4 Å². The van der Waals surface area contributed by atoms with Crippen molar-refractivity contribution < 1.29 is 22.0 Å². The van der Waals surface area contributed by atoms with Gasteiger partial charge in [0.2, 0.25) is 10.0 Å². The van der Waals surface area contributed by atoms with Gasteiger partial charge >= 0.3 is 0 Å². The van der Waals surface area contributed by atoms with Gasteiger partial charge in [0, 0.05) is 28.1 Å². The van der Waals surface area contributed by atoms with E-state index in [1.165, 1.54) is 12.1 Å². The molecule has 5 aromatic rings. The van der Waals surface area contributed by atoms with Crippen molar-refractivity contribution in [1.82, 2.24) is 0 Å². The highest BCUT2D eigenvalue weighted by Crippen LogP contribution is 2.30. The van der Waals surface area contributed by atoms with Crippen LogP contribution in [0.2, 0.25) is 5.02 Å². The number of nitrogens with one attached hydrogen (secondary N) is 1. The molecule has 182 valence electrons. The van der Waals surface area contributed by atoms with Gasteiger partial charge in [-0.15, -0.1) is 0 Å². The van der Waals surface area contributed by atoms with Crippen molar-refractivity contribution in [3.05, 3.63) is 107 Å². The Bertz CT molecular complexity index is 1720. The van der Waals surface area contributed by atoms with Crippen LogP contribution in [0.15, 0.2) is 89.3 Å². The number of hydrogen-bond donors (Lipinski definition) is 1. The fourth-order valence-corrected chi connectivity index (χ4v) is 5.03. The molecule has 36 heavy (non-hydrogen) atoms. The molecule has 5 rings (SSSR count). The van der Waals surface area contributed by atoms with E-state index in [0.717, 1.165) is 33.0 Å². The van der Waals surface area contributed by atoms with E-state index < -0.39 is 15.8 Å². The number of nitrogens with zero attached hydrogens (tertiary/aromatic N) is 1. The third-order valence-corrected chi connectivity index (χ3v) is 7.20. The molecule has 4 aromatic carbocycles. The Hall–Kier alpha value is -3.88. The molecule has 1 aromatic heterocycles. The molecule has 0 radical (unpaired) electrons. The third-order valence-electron chi connectivity index (χ3n) is 5.77. The molecule has 6 nitrogen and oxygen atoms in total. The van der Waals surface area contributed by atoms with Crippen LogP contribution in [0.25, 0.3) is 21.9 Å². The van der Waals surface area contributed by atoms with Crippen LogP contribution in [0.1, 0.15) is 15.9 Å². The molecular formula is C27H20ClFN2O4S. The molecule has 0 spiro atoms. The van der Waals surface area contributed by atoms with Crippen molar-refractivity contribution in [3.63, 3.8) is 0 Å². The van der Waals surface area contributed by atoms with Crippen molar-refractivity contribution in [3.8, 4) is 0 Å². The SMILES string of the molecule is CS(=O)(=O)N(Cc1ccc(C(=O)Nc2ccc3c(c2)oc2ccccc23)cc1)c1ccc(F)c(Cl)c1. The van der Waals surface area contributed by atoms with Crippen LogP contribution < -0.4 is 9.62 Å². The van der Waals surface area contributed by atoms with Crippen LogP contribution in [0.5, 0.6) is 0 Å². The summed E-state index contributed by atoms with van der Waals surface area (Å²) in [4.78, 5) is 12.8. The molecule has 0 atom stereocenters. The fourth-order valence-electron chi connectivity index (χ4n) is 3.97. The summed E-state index contributed by atoms with van der Waals surface area (Å²) in [6.45, 7) is -0.00852. The summed E-state index contributed by atoms with van der Waals surface area (Å²) < 4.78 is 45.3. The molecule has 0 unspecified atom stereocenters. The summed E-state index contributed by atoms with van der Waals surface area (Å²) in [5.74, 6) is -0.953. The largest absolute Gasteiger partial charge is 0.456 e. The Balaban J connectivity index is 1.33. The number of anilines is 2. The maximum atomic E-state index is 13.5. The number of carbonyl (C=O) groups excluding carboxylic acids is 1. The molecular weight excluding hydrogens is 503 g/mol. The second-order valence-electron chi connectivity index (χ2n) is 8.33. The lowest BCUT2D eigenvalue weighted by molar-refractivity contribution is 0.102. The lowest BCUT2D eigenvalue weighted by Crippen LogP contribution is -2.29. The molecule has 0 aliphatic carbocycles. The molecule has 0 bridgehead atoms. The molecule has 1 N–H and O–H groups in total. The van der Waals surface area contributed by atoms with Crippen molar-refractivity contribution in [2.45, 2.75) is 6.54 Å². The molecule has 0 aliphatic heterocycles. The van der Waals surface area contributed by atoms with Crippen LogP contribution >= 0.6 is 11.6 Å². The minimum absolute atomic E-state index is 0.00852. The van der Waals surface area contributed by atoms with Gasteiger partial charge in [-0.3, -0.25) is 9.10 Å². The summed E-state index contributed by atoms with van der Waals surface area (Å²) in [5.41, 5.74) is 3.32. The Labute approximate surface area is 211 Å². The normalized spacial score (nSPS) is 11.6. The number of amides is 1. The van der Waals surface area contributed by atoms with Crippen LogP contribution in [0.3, 0.4) is 0 Å². The Kier molecular flexibility index (Phi) is 6.15. The number of sulfonamides is 1. The Morgan fingerprint density at radius 3 is 2.39 bits per heavy atom.